The molecule has 5 saturated carbocycles. The highest BCUT2D eigenvalue weighted by atomic mass is 16.5. The predicted molar refractivity (Wildman–Crippen MR) is 83.2 cm³/mol. The summed E-state index contributed by atoms with van der Waals surface area (Å²) in [6.45, 7) is 3.13. The van der Waals surface area contributed by atoms with Gasteiger partial charge in [-0.05, 0) is 81.5 Å². The standard InChI is InChI=1S/C18H27N3O/c1-11(19-10-16-20-17(21-22-16)15-2-3-15)18-7-12-4-13(8-18)6-14(5-12)9-18/h11-15,19H,2-10H2,1H3/t11-,12?,13?,14?,18?/m1/s1. The van der Waals surface area contributed by atoms with Crippen LogP contribution in [0.15, 0.2) is 4.52 Å². The van der Waals surface area contributed by atoms with Crippen LogP contribution in [-0.2, 0) is 6.54 Å². The van der Waals surface area contributed by atoms with Gasteiger partial charge in [0, 0.05) is 12.0 Å². The number of hydrogen-bond acceptors (Lipinski definition) is 4. The van der Waals surface area contributed by atoms with Crippen LogP contribution >= 0.6 is 0 Å². The van der Waals surface area contributed by atoms with E-state index in [2.05, 4.69) is 22.4 Å². The van der Waals surface area contributed by atoms with Gasteiger partial charge in [0.1, 0.15) is 0 Å². The Morgan fingerprint density at radius 2 is 1.77 bits per heavy atom. The summed E-state index contributed by atoms with van der Waals surface area (Å²) in [6, 6.07) is 0.567. The SMILES string of the molecule is C[C@@H](NCc1nc(C2CC2)no1)C12CC3CC(CC(C3)C1)C2. The van der Waals surface area contributed by atoms with Gasteiger partial charge in [0.25, 0.3) is 0 Å². The Hall–Kier alpha value is -0.900. The van der Waals surface area contributed by atoms with E-state index in [4.69, 9.17) is 4.52 Å². The number of hydrogen-bond donors (Lipinski definition) is 1. The second-order valence-corrected chi connectivity index (χ2v) is 8.70. The molecule has 0 aromatic carbocycles. The highest BCUT2D eigenvalue weighted by Crippen LogP contribution is 2.61. The van der Waals surface area contributed by atoms with Crippen LogP contribution in [0.1, 0.15) is 75.9 Å². The van der Waals surface area contributed by atoms with Gasteiger partial charge >= 0.3 is 0 Å². The van der Waals surface area contributed by atoms with Crippen LogP contribution in [0, 0.1) is 23.2 Å². The average Bonchev–Trinajstić information content (AvgIpc) is 3.22. The molecule has 0 amide bonds. The van der Waals surface area contributed by atoms with E-state index in [1.54, 1.807) is 0 Å². The summed E-state index contributed by atoms with van der Waals surface area (Å²) in [5, 5.41) is 7.85. The van der Waals surface area contributed by atoms with Crippen molar-refractivity contribution in [2.24, 2.45) is 23.2 Å². The van der Waals surface area contributed by atoms with E-state index >= 15 is 0 Å². The van der Waals surface area contributed by atoms with Crippen molar-refractivity contribution >= 4 is 0 Å². The molecule has 1 aromatic rings. The van der Waals surface area contributed by atoms with Crippen LogP contribution < -0.4 is 5.32 Å². The third kappa shape index (κ3) is 2.22. The zero-order chi connectivity index (χ0) is 14.7. The van der Waals surface area contributed by atoms with E-state index in [1.165, 1.54) is 51.4 Å². The molecular weight excluding hydrogens is 274 g/mol. The van der Waals surface area contributed by atoms with Crippen molar-refractivity contribution in [2.75, 3.05) is 0 Å². The molecule has 0 radical (unpaired) electrons. The lowest BCUT2D eigenvalue weighted by molar-refractivity contribution is -0.0709. The first-order chi connectivity index (χ1) is 10.7. The van der Waals surface area contributed by atoms with Gasteiger partial charge in [0.2, 0.25) is 5.89 Å². The molecule has 0 saturated heterocycles. The Bertz CT molecular complexity index is 527. The second-order valence-electron chi connectivity index (χ2n) is 8.70. The summed E-state index contributed by atoms with van der Waals surface area (Å²) in [5.41, 5.74) is 0.550. The minimum Gasteiger partial charge on any atom is -0.338 e. The largest absolute Gasteiger partial charge is 0.338 e. The Morgan fingerprint density at radius 1 is 1.14 bits per heavy atom. The van der Waals surface area contributed by atoms with Crippen LogP contribution in [-0.4, -0.2) is 16.2 Å². The molecule has 4 nitrogen and oxygen atoms in total. The van der Waals surface area contributed by atoms with Crippen LogP contribution in [0.4, 0.5) is 0 Å². The van der Waals surface area contributed by atoms with Crippen LogP contribution in [0.2, 0.25) is 0 Å². The lowest BCUT2D eigenvalue weighted by Gasteiger charge is -2.59. The minimum atomic E-state index is 0.550. The van der Waals surface area contributed by atoms with Gasteiger partial charge in [-0.3, -0.25) is 0 Å². The molecule has 5 aliphatic carbocycles. The Labute approximate surface area is 132 Å². The molecule has 4 bridgehead atoms. The first-order valence-electron chi connectivity index (χ1n) is 9.26. The van der Waals surface area contributed by atoms with Crippen molar-refractivity contribution in [3.8, 4) is 0 Å². The maximum Gasteiger partial charge on any atom is 0.240 e. The van der Waals surface area contributed by atoms with E-state index in [1.807, 2.05) is 0 Å². The fraction of sp³-hybridized carbons (Fsp3) is 0.889. The van der Waals surface area contributed by atoms with Crippen molar-refractivity contribution < 1.29 is 4.52 Å². The van der Waals surface area contributed by atoms with Crippen molar-refractivity contribution in [2.45, 2.75) is 76.8 Å². The van der Waals surface area contributed by atoms with E-state index in [9.17, 15) is 0 Å². The second kappa shape index (κ2) is 4.80. The van der Waals surface area contributed by atoms with E-state index in [0.29, 0.717) is 17.4 Å². The summed E-state index contributed by atoms with van der Waals surface area (Å²) in [7, 11) is 0. The lowest BCUT2D eigenvalue weighted by atomic mass is 9.48. The molecule has 1 N–H and O–H groups in total. The predicted octanol–water partition coefficient (Wildman–Crippen LogP) is 3.64. The summed E-state index contributed by atoms with van der Waals surface area (Å²) in [6.07, 6.45) is 11.4. The third-order valence-electron chi connectivity index (χ3n) is 6.99. The zero-order valence-electron chi connectivity index (χ0n) is 13.6. The zero-order valence-corrected chi connectivity index (χ0v) is 13.6. The van der Waals surface area contributed by atoms with Crippen molar-refractivity contribution in [1.82, 2.24) is 15.5 Å². The van der Waals surface area contributed by atoms with E-state index in [0.717, 1.165) is 36.0 Å². The summed E-state index contributed by atoms with van der Waals surface area (Å²) in [4.78, 5) is 4.55. The maximum atomic E-state index is 5.41. The fourth-order valence-corrected chi connectivity index (χ4v) is 6.01. The van der Waals surface area contributed by atoms with Gasteiger partial charge in [-0.1, -0.05) is 5.16 Å². The summed E-state index contributed by atoms with van der Waals surface area (Å²) in [5.74, 6) is 5.33. The first kappa shape index (κ1) is 13.5. The summed E-state index contributed by atoms with van der Waals surface area (Å²) >= 11 is 0. The molecule has 1 aromatic heterocycles. The molecule has 0 unspecified atom stereocenters. The summed E-state index contributed by atoms with van der Waals surface area (Å²) < 4.78 is 5.41. The van der Waals surface area contributed by atoms with E-state index < -0.39 is 0 Å². The number of aromatic nitrogens is 2. The molecule has 1 atom stereocenters. The molecular formula is C18H27N3O. The van der Waals surface area contributed by atoms with Crippen LogP contribution in [0.25, 0.3) is 0 Å². The number of rotatable bonds is 5. The molecule has 22 heavy (non-hydrogen) atoms. The maximum absolute atomic E-state index is 5.41. The molecule has 5 fully saturated rings. The van der Waals surface area contributed by atoms with E-state index in [-0.39, 0.29) is 0 Å². The van der Waals surface area contributed by atoms with Crippen LogP contribution in [0.5, 0.6) is 0 Å². The quantitative estimate of drug-likeness (QED) is 0.902. The normalized spacial score (nSPS) is 41.0. The third-order valence-corrected chi connectivity index (χ3v) is 6.99. The molecule has 6 rings (SSSR count). The molecule has 4 heteroatoms. The Kier molecular flexibility index (Phi) is 2.95. The number of nitrogens with zero attached hydrogens (tertiary/aromatic N) is 2. The monoisotopic (exact) mass is 301 g/mol. The molecule has 5 aliphatic rings. The molecule has 0 aliphatic heterocycles. The smallest absolute Gasteiger partial charge is 0.240 e. The van der Waals surface area contributed by atoms with Gasteiger partial charge in [-0.15, -0.1) is 0 Å². The van der Waals surface area contributed by atoms with Crippen molar-refractivity contribution in [1.29, 1.82) is 0 Å². The topological polar surface area (TPSA) is 51.0 Å². The van der Waals surface area contributed by atoms with Crippen molar-refractivity contribution in [3.63, 3.8) is 0 Å². The fourth-order valence-electron chi connectivity index (χ4n) is 6.01. The Balaban J connectivity index is 1.25. The Morgan fingerprint density at radius 3 is 2.36 bits per heavy atom. The molecule has 1 heterocycles. The number of nitrogens with one attached hydrogen (secondary N) is 1. The van der Waals surface area contributed by atoms with Gasteiger partial charge in [0.15, 0.2) is 5.82 Å². The van der Waals surface area contributed by atoms with Crippen molar-refractivity contribution in [3.05, 3.63) is 11.7 Å². The highest BCUT2D eigenvalue weighted by Gasteiger charge is 2.52. The first-order valence-corrected chi connectivity index (χ1v) is 9.26. The minimum absolute atomic E-state index is 0.550. The van der Waals surface area contributed by atoms with Gasteiger partial charge < -0.3 is 9.84 Å². The highest BCUT2D eigenvalue weighted by molar-refractivity contribution is 5.06. The molecule has 0 spiro atoms. The van der Waals surface area contributed by atoms with Crippen LogP contribution in [0.3, 0.4) is 0 Å². The van der Waals surface area contributed by atoms with Gasteiger partial charge in [0.05, 0.1) is 6.54 Å². The molecule has 120 valence electrons. The van der Waals surface area contributed by atoms with Gasteiger partial charge in [-0.25, -0.2) is 0 Å². The lowest BCUT2D eigenvalue weighted by Crippen LogP contribution is -2.54. The van der Waals surface area contributed by atoms with Gasteiger partial charge in [-0.2, -0.15) is 4.98 Å². The average molecular weight is 301 g/mol.